The monoisotopic (exact) mass is 239 g/mol. The molecule has 0 saturated carbocycles. The van der Waals surface area contributed by atoms with E-state index in [4.69, 9.17) is 4.74 Å². The van der Waals surface area contributed by atoms with E-state index >= 15 is 0 Å². The molecule has 4 heteroatoms. The van der Waals surface area contributed by atoms with Crippen LogP contribution in [0.5, 0.6) is 0 Å². The van der Waals surface area contributed by atoms with Crippen molar-refractivity contribution in [3.63, 3.8) is 0 Å². The van der Waals surface area contributed by atoms with E-state index in [-0.39, 0.29) is 11.1 Å². The van der Waals surface area contributed by atoms with E-state index < -0.39 is 11.9 Å². The average Bonchev–Trinajstić information content (AvgIpc) is 2.19. The predicted octanol–water partition coefficient (Wildman–Crippen LogP) is 3.81. The number of hydrogen-bond donors (Lipinski definition) is 1. The Morgan fingerprint density at radius 3 is 2.59 bits per heavy atom. The molecule has 94 valence electrons. The van der Waals surface area contributed by atoms with Gasteiger partial charge in [0.25, 0.3) is 0 Å². The van der Waals surface area contributed by atoms with Crippen LogP contribution in [0.1, 0.15) is 27.2 Å². The minimum Gasteiger partial charge on any atom is -0.449 e. The number of anilines is 1. The molecule has 1 aromatic rings. The van der Waals surface area contributed by atoms with Gasteiger partial charge in [-0.2, -0.15) is 0 Å². The fraction of sp³-hybridized carbons (Fsp3) is 0.462. The van der Waals surface area contributed by atoms with E-state index in [1.54, 1.807) is 12.1 Å². The van der Waals surface area contributed by atoms with Crippen LogP contribution in [0.3, 0.4) is 0 Å². The zero-order chi connectivity index (χ0) is 12.9. The largest absolute Gasteiger partial charge is 0.449 e. The summed E-state index contributed by atoms with van der Waals surface area (Å²) in [6.45, 7) is 6.51. The Morgan fingerprint density at radius 2 is 2.00 bits per heavy atom. The van der Waals surface area contributed by atoms with Crippen molar-refractivity contribution in [1.82, 2.24) is 0 Å². The highest BCUT2D eigenvalue weighted by Gasteiger charge is 2.12. The third-order valence-electron chi connectivity index (χ3n) is 2.20. The SMILES string of the molecule is CC(C)(C)CCOC(=O)Nc1ccccc1F. The molecule has 17 heavy (non-hydrogen) atoms. The first kappa shape index (κ1) is 13.5. The van der Waals surface area contributed by atoms with Crippen LogP contribution in [0.4, 0.5) is 14.9 Å². The van der Waals surface area contributed by atoms with Crippen LogP contribution in [0.25, 0.3) is 0 Å². The minimum absolute atomic E-state index is 0.109. The number of amides is 1. The molecule has 0 spiro atoms. The number of para-hydroxylation sites is 1. The smallest absolute Gasteiger partial charge is 0.411 e. The van der Waals surface area contributed by atoms with Gasteiger partial charge < -0.3 is 4.74 Å². The summed E-state index contributed by atoms with van der Waals surface area (Å²) in [5.74, 6) is -0.472. The Bertz CT molecular complexity index is 385. The molecule has 0 unspecified atom stereocenters. The van der Waals surface area contributed by atoms with Crippen molar-refractivity contribution in [2.75, 3.05) is 11.9 Å². The van der Waals surface area contributed by atoms with Gasteiger partial charge in [-0.25, -0.2) is 9.18 Å². The number of halogens is 1. The van der Waals surface area contributed by atoms with Crippen molar-refractivity contribution < 1.29 is 13.9 Å². The molecule has 0 heterocycles. The summed E-state index contributed by atoms with van der Waals surface area (Å²) in [7, 11) is 0. The number of carbonyl (C=O) groups is 1. The average molecular weight is 239 g/mol. The lowest BCUT2D eigenvalue weighted by Gasteiger charge is -2.17. The third-order valence-corrected chi connectivity index (χ3v) is 2.20. The second-order valence-electron chi connectivity index (χ2n) is 5.05. The first-order valence-electron chi connectivity index (χ1n) is 5.57. The first-order valence-corrected chi connectivity index (χ1v) is 5.57. The van der Waals surface area contributed by atoms with Crippen molar-refractivity contribution in [3.05, 3.63) is 30.1 Å². The van der Waals surface area contributed by atoms with Crippen LogP contribution in [-0.2, 0) is 4.74 Å². The predicted molar refractivity (Wildman–Crippen MR) is 65.4 cm³/mol. The Labute approximate surface area is 101 Å². The summed E-state index contributed by atoms with van der Waals surface area (Å²) >= 11 is 0. The second kappa shape index (κ2) is 5.66. The molecule has 1 N–H and O–H groups in total. The van der Waals surface area contributed by atoms with Crippen molar-refractivity contribution in [2.24, 2.45) is 5.41 Å². The number of carbonyl (C=O) groups excluding carboxylic acids is 1. The van der Waals surface area contributed by atoms with E-state index in [2.05, 4.69) is 26.1 Å². The van der Waals surface area contributed by atoms with Gasteiger partial charge in [0.2, 0.25) is 0 Å². The zero-order valence-corrected chi connectivity index (χ0v) is 10.4. The molecule has 0 atom stereocenters. The number of hydrogen-bond acceptors (Lipinski definition) is 2. The van der Waals surface area contributed by atoms with Crippen LogP contribution in [0, 0.1) is 11.2 Å². The van der Waals surface area contributed by atoms with Gasteiger partial charge in [-0.1, -0.05) is 32.9 Å². The van der Waals surface area contributed by atoms with E-state index in [0.29, 0.717) is 6.61 Å². The van der Waals surface area contributed by atoms with Crippen LogP contribution < -0.4 is 5.32 Å². The second-order valence-corrected chi connectivity index (χ2v) is 5.05. The van der Waals surface area contributed by atoms with Gasteiger partial charge in [0.05, 0.1) is 12.3 Å². The zero-order valence-electron chi connectivity index (χ0n) is 10.4. The third kappa shape index (κ3) is 5.33. The highest BCUT2D eigenvalue weighted by atomic mass is 19.1. The number of nitrogens with one attached hydrogen (secondary N) is 1. The summed E-state index contributed by atoms with van der Waals surface area (Å²) in [5, 5.41) is 2.36. The molecule has 0 aliphatic heterocycles. The molecule has 1 rings (SSSR count). The lowest BCUT2D eigenvalue weighted by Crippen LogP contribution is -2.18. The van der Waals surface area contributed by atoms with E-state index in [9.17, 15) is 9.18 Å². The Kier molecular flexibility index (Phi) is 4.49. The van der Waals surface area contributed by atoms with Crippen molar-refractivity contribution in [1.29, 1.82) is 0 Å². The number of rotatable bonds is 3. The molecular formula is C13H18FNO2. The summed E-state index contributed by atoms with van der Waals surface area (Å²) in [6.07, 6.45) is 0.136. The standard InChI is InChI=1S/C13H18FNO2/c1-13(2,3)8-9-17-12(16)15-11-7-5-4-6-10(11)14/h4-7H,8-9H2,1-3H3,(H,15,16). The van der Waals surface area contributed by atoms with Gasteiger partial charge in [-0.05, 0) is 24.0 Å². The topological polar surface area (TPSA) is 38.3 Å². The fourth-order valence-corrected chi connectivity index (χ4v) is 1.16. The molecule has 0 bridgehead atoms. The van der Waals surface area contributed by atoms with E-state index in [1.807, 2.05) is 0 Å². The maximum atomic E-state index is 13.2. The van der Waals surface area contributed by atoms with Crippen molar-refractivity contribution >= 4 is 11.8 Å². The molecule has 1 amide bonds. The maximum absolute atomic E-state index is 13.2. The van der Waals surface area contributed by atoms with Crippen LogP contribution in [0.15, 0.2) is 24.3 Å². The Hall–Kier alpha value is -1.58. The van der Waals surface area contributed by atoms with Crippen LogP contribution in [-0.4, -0.2) is 12.7 Å². The van der Waals surface area contributed by atoms with Crippen LogP contribution in [0.2, 0.25) is 0 Å². The lowest BCUT2D eigenvalue weighted by molar-refractivity contribution is 0.145. The lowest BCUT2D eigenvalue weighted by atomic mass is 9.93. The highest BCUT2D eigenvalue weighted by molar-refractivity contribution is 5.84. The first-order chi connectivity index (χ1) is 7.88. The van der Waals surface area contributed by atoms with Gasteiger partial charge in [-0.15, -0.1) is 0 Å². The Morgan fingerprint density at radius 1 is 1.35 bits per heavy atom. The van der Waals surface area contributed by atoms with E-state index in [0.717, 1.165) is 6.42 Å². The van der Waals surface area contributed by atoms with Gasteiger partial charge in [0, 0.05) is 0 Å². The molecule has 1 aromatic carbocycles. The molecule has 0 aromatic heterocycles. The van der Waals surface area contributed by atoms with Crippen LogP contribution >= 0.6 is 0 Å². The number of benzene rings is 1. The fourth-order valence-electron chi connectivity index (χ4n) is 1.16. The van der Waals surface area contributed by atoms with Gasteiger partial charge in [0.15, 0.2) is 0 Å². The normalized spacial score (nSPS) is 11.1. The quantitative estimate of drug-likeness (QED) is 0.871. The minimum atomic E-state index is -0.626. The number of ether oxygens (including phenoxy) is 1. The highest BCUT2D eigenvalue weighted by Crippen LogP contribution is 2.18. The van der Waals surface area contributed by atoms with Crippen molar-refractivity contribution in [2.45, 2.75) is 27.2 Å². The summed E-state index contributed by atoms with van der Waals surface area (Å²) < 4.78 is 18.2. The van der Waals surface area contributed by atoms with E-state index in [1.165, 1.54) is 12.1 Å². The van der Waals surface area contributed by atoms with Gasteiger partial charge in [0.1, 0.15) is 5.82 Å². The molecular weight excluding hydrogens is 221 g/mol. The van der Waals surface area contributed by atoms with Gasteiger partial charge in [-0.3, -0.25) is 5.32 Å². The molecule has 0 fully saturated rings. The molecule has 3 nitrogen and oxygen atoms in total. The summed E-state index contributed by atoms with van der Waals surface area (Å²) in [6, 6.07) is 5.98. The molecule has 0 aliphatic rings. The summed E-state index contributed by atoms with van der Waals surface area (Å²) in [5.41, 5.74) is 0.242. The summed E-state index contributed by atoms with van der Waals surface area (Å²) in [4.78, 5) is 11.4. The molecule has 0 saturated heterocycles. The maximum Gasteiger partial charge on any atom is 0.411 e. The molecule has 0 radical (unpaired) electrons. The van der Waals surface area contributed by atoms with Crippen molar-refractivity contribution in [3.8, 4) is 0 Å². The van der Waals surface area contributed by atoms with Gasteiger partial charge >= 0.3 is 6.09 Å². The molecule has 0 aliphatic carbocycles. The Balaban J connectivity index is 2.38.